The van der Waals surface area contributed by atoms with Crippen LogP contribution < -0.4 is 5.73 Å². The van der Waals surface area contributed by atoms with Crippen molar-refractivity contribution in [2.24, 2.45) is 5.92 Å². The van der Waals surface area contributed by atoms with Crippen molar-refractivity contribution in [3.8, 4) is 0 Å². The van der Waals surface area contributed by atoms with Gasteiger partial charge >= 0.3 is 0 Å². The average Bonchev–Trinajstić information content (AvgIpc) is 2.92. The van der Waals surface area contributed by atoms with Gasteiger partial charge in [-0.15, -0.1) is 0 Å². The van der Waals surface area contributed by atoms with Gasteiger partial charge in [-0.1, -0.05) is 6.92 Å². The van der Waals surface area contributed by atoms with Crippen molar-refractivity contribution in [1.82, 2.24) is 24.4 Å². The van der Waals surface area contributed by atoms with Gasteiger partial charge in [-0.05, 0) is 40.3 Å². The van der Waals surface area contributed by atoms with Crippen LogP contribution in [-0.4, -0.2) is 68.2 Å². The summed E-state index contributed by atoms with van der Waals surface area (Å²) >= 11 is 0. The number of nitrogens with zero attached hydrogens (tertiary/aromatic N) is 5. The number of ether oxygens (including phenoxy) is 3. The zero-order valence-corrected chi connectivity index (χ0v) is 16.8. The van der Waals surface area contributed by atoms with Gasteiger partial charge in [-0.2, -0.15) is 0 Å². The molecule has 1 saturated carbocycles. The number of hydrogen-bond donors (Lipinski definition) is 1. The highest BCUT2D eigenvalue weighted by Crippen LogP contribution is 2.62. The zero-order chi connectivity index (χ0) is 19.7. The van der Waals surface area contributed by atoms with Gasteiger partial charge in [-0.3, -0.25) is 4.57 Å². The predicted octanol–water partition coefficient (Wildman–Crippen LogP) is 1.56. The van der Waals surface area contributed by atoms with Gasteiger partial charge in [0.1, 0.15) is 29.7 Å². The van der Waals surface area contributed by atoms with Gasteiger partial charge in [0.15, 0.2) is 23.5 Å². The number of fused-ring (bicyclic) bond motifs is 3. The van der Waals surface area contributed by atoms with Crippen molar-refractivity contribution in [2.45, 2.75) is 63.4 Å². The fourth-order valence-electron chi connectivity index (χ4n) is 4.89. The molecular weight excluding hydrogens is 360 g/mol. The molecule has 28 heavy (non-hydrogen) atoms. The Bertz CT molecular complexity index is 901. The van der Waals surface area contributed by atoms with E-state index in [1.165, 1.54) is 6.33 Å². The van der Waals surface area contributed by atoms with Gasteiger partial charge in [0.2, 0.25) is 0 Å². The summed E-state index contributed by atoms with van der Waals surface area (Å²) in [5.41, 5.74) is 6.88. The molecular formula is C19H28N6O3. The van der Waals surface area contributed by atoms with Crippen molar-refractivity contribution in [3.05, 3.63) is 12.7 Å². The zero-order valence-electron chi connectivity index (χ0n) is 16.8. The Morgan fingerprint density at radius 1 is 1.25 bits per heavy atom. The molecule has 1 spiro atoms. The third kappa shape index (κ3) is 2.64. The van der Waals surface area contributed by atoms with E-state index in [0.29, 0.717) is 22.9 Å². The SMILES string of the molecule is CCCN(C)C[C@H]1C[C@]12O[C@@H](n1cnc3c(N)ncnc31)[C@H]1OC(C)(C)OC12. The molecule has 0 bridgehead atoms. The summed E-state index contributed by atoms with van der Waals surface area (Å²) in [5, 5.41) is 0. The van der Waals surface area contributed by atoms with Gasteiger partial charge in [0.25, 0.3) is 0 Å². The number of nitrogen functional groups attached to an aromatic ring is 1. The van der Waals surface area contributed by atoms with Crippen LogP contribution in [0.25, 0.3) is 11.2 Å². The molecule has 5 atom stereocenters. The Labute approximate surface area is 164 Å². The summed E-state index contributed by atoms with van der Waals surface area (Å²) in [6.07, 6.45) is 4.60. The first-order valence-electron chi connectivity index (χ1n) is 9.99. The highest BCUT2D eigenvalue weighted by molar-refractivity contribution is 5.81. The molecule has 2 aliphatic heterocycles. The number of hydrogen-bond acceptors (Lipinski definition) is 8. The summed E-state index contributed by atoms with van der Waals surface area (Å²) in [4.78, 5) is 15.2. The van der Waals surface area contributed by atoms with Gasteiger partial charge in [0, 0.05) is 12.5 Å². The molecule has 0 amide bonds. The van der Waals surface area contributed by atoms with E-state index in [1.807, 2.05) is 18.4 Å². The van der Waals surface area contributed by atoms with Crippen molar-refractivity contribution in [1.29, 1.82) is 0 Å². The van der Waals surface area contributed by atoms with Crippen LogP contribution in [0.5, 0.6) is 0 Å². The number of anilines is 1. The van der Waals surface area contributed by atoms with Gasteiger partial charge < -0.3 is 24.8 Å². The maximum absolute atomic E-state index is 6.65. The number of rotatable bonds is 5. The highest BCUT2D eigenvalue weighted by atomic mass is 16.8. The predicted molar refractivity (Wildman–Crippen MR) is 102 cm³/mol. The molecule has 2 aromatic rings. The van der Waals surface area contributed by atoms with Crippen LogP contribution in [0.15, 0.2) is 12.7 Å². The normalized spacial score (nSPS) is 35.9. The number of aromatic nitrogens is 4. The van der Waals surface area contributed by atoms with Crippen molar-refractivity contribution < 1.29 is 14.2 Å². The molecule has 2 N–H and O–H groups in total. The summed E-state index contributed by atoms with van der Waals surface area (Å²) in [6, 6.07) is 0. The molecule has 152 valence electrons. The van der Waals surface area contributed by atoms with Crippen LogP contribution in [0.3, 0.4) is 0 Å². The quantitative estimate of drug-likeness (QED) is 0.824. The maximum Gasteiger partial charge on any atom is 0.167 e. The van der Waals surface area contributed by atoms with Crippen LogP contribution in [0.1, 0.15) is 39.8 Å². The standard InChI is InChI=1S/C19H28N6O3/c1-5-6-24(4)8-11-7-19(11)14-13(26-18(2,3)27-14)17(28-19)25-10-23-12-15(20)21-9-22-16(12)25/h9-11,13-14,17H,5-8H2,1-4H3,(H2,20,21,22)/t11-,13+,14?,17-,19+/m1/s1. The van der Waals surface area contributed by atoms with E-state index in [0.717, 1.165) is 25.9 Å². The molecule has 3 aliphatic rings. The van der Waals surface area contributed by atoms with E-state index in [4.69, 9.17) is 19.9 Å². The lowest BCUT2D eigenvalue weighted by atomic mass is 10.1. The Balaban J connectivity index is 1.48. The molecule has 4 heterocycles. The largest absolute Gasteiger partial charge is 0.382 e. The van der Waals surface area contributed by atoms with Crippen LogP contribution in [-0.2, 0) is 14.2 Å². The molecule has 1 unspecified atom stereocenters. The Hall–Kier alpha value is -1.81. The first-order chi connectivity index (χ1) is 13.3. The summed E-state index contributed by atoms with van der Waals surface area (Å²) in [5.74, 6) is 0.146. The van der Waals surface area contributed by atoms with Crippen molar-refractivity contribution >= 4 is 17.0 Å². The Kier molecular flexibility index (Phi) is 3.97. The average molecular weight is 388 g/mol. The lowest BCUT2D eigenvalue weighted by molar-refractivity contribution is -0.203. The molecule has 2 saturated heterocycles. The second-order valence-corrected chi connectivity index (χ2v) is 8.73. The molecule has 9 nitrogen and oxygen atoms in total. The van der Waals surface area contributed by atoms with Crippen LogP contribution in [0, 0.1) is 5.92 Å². The molecule has 5 rings (SSSR count). The fourth-order valence-corrected chi connectivity index (χ4v) is 4.89. The van der Waals surface area contributed by atoms with Gasteiger partial charge in [0.05, 0.1) is 6.33 Å². The van der Waals surface area contributed by atoms with Crippen LogP contribution >= 0.6 is 0 Å². The van der Waals surface area contributed by atoms with Crippen molar-refractivity contribution in [2.75, 3.05) is 25.9 Å². The van der Waals surface area contributed by atoms with Crippen LogP contribution in [0.4, 0.5) is 5.82 Å². The smallest absolute Gasteiger partial charge is 0.167 e. The van der Waals surface area contributed by atoms with E-state index in [9.17, 15) is 0 Å². The lowest BCUT2D eigenvalue weighted by Crippen LogP contribution is -2.35. The first kappa shape index (κ1) is 18.2. The minimum atomic E-state index is -0.642. The molecule has 9 heteroatoms. The minimum Gasteiger partial charge on any atom is -0.382 e. The van der Waals surface area contributed by atoms with E-state index in [1.54, 1.807) is 6.33 Å². The summed E-state index contributed by atoms with van der Waals surface area (Å²) in [7, 11) is 2.17. The molecule has 3 fully saturated rings. The Morgan fingerprint density at radius 2 is 2.07 bits per heavy atom. The summed E-state index contributed by atoms with van der Waals surface area (Å²) < 4.78 is 21.2. The molecule has 0 aromatic carbocycles. The lowest BCUT2D eigenvalue weighted by Gasteiger charge is -2.26. The van der Waals surface area contributed by atoms with Crippen molar-refractivity contribution in [3.63, 3.8) is 0 Å². The molecule has 0 radical (unpaired) electrons. The maximum atomic E-state index is 6.65. The van der Waals surface area contributed by atoms with E-state index < -0.39 is 5.79 Å². The number of nitrogens with two attached hydrogens (primary N) is 1. The topological polar surface area (TPSA) is 101 Å². The van der Waals surface area contributed by atoms with Gasteiger partial charge in [-0.25, -0.2) is 15.0 Å². The third-order valence-corrected chi connectivity index (χ3v) is 6.13. The fraction of sp³-hybridized carbons (Fsp3) is 0.737. The highest BCUT2D eigenvalue weighted by Gasteiger charge is 2.73. The number of imidazole rings is 1. The first-order valence-corrected chi connectivity index (χ1v) is 9.99. The van der Waals surface area contributed by atoms with E-state index in [-0.39, 0.29) is 24.0 Å². The van der Waals surface area contributed by atoms with E-state index in [2.05, 4.69) is 33.8 Å². The second-order valence-electron chi connectivity index (χ2n) is 8.73. The Morgan fingerprint density at radius 3 is 2.86 bits per heavy atom. The van der Waals surface area contributed by atoms with E-state index >= 15 is 0 Å². The second kappa shape index (κ2) is 6.09. The minimum absolute atomic E-state index is 0.107. The monoisotopic (exact) mass is 388 g/mol. The molecule has 2 aromatic heterocycles. The summed E-state index contributed by atoms with van der Waals surface area (Å²) in [6.45, 7) is 8.19. The molecule has 1 aliphatic carbocycles. The third-order valence-electron chi connectivity index (χ3n) is 6.13. The van der Waals surface area contributed by atoms with Crippen LogP contribution in [0.2, 0.25) is 0 Å².